The summed E-state index contributed by atoms with van der Waals surface area (Å²) >= 11 is 2.86. The molecule has 2 aromatic carbocycles. The number of thiazole rings is 1. The highest BCUT2D eigenvalue weighted by atomic mass is 32.2. The molecule has 3 aromatic rings. The Morgan fingerprint density at radius 3 is 2.72 bits per heavy atom. The van der Waals surface area contributed by atoms with Crippen molar-refractivity contribution in [1.29, 1.82) is 0 Å². The number of anilines is 1. The number of nitrogens with zero attached hydrogens (tertiary/aromatic N) is 1. The molecule has 0 aliphatic carbocycles. The van der Waals surface area contributed by atoms with Crippen LogP contribution in [0.4, 0.5) is 10.1 Å². The molecule has 1 aromatic heterocycles. The van der Waals surface area contributed by atoms with Gasteiger partial charge in [-0.25, -0.2) is 9.37 Å². The van der Waals surface area contributed by atoms with Gasteiger partial charge in [-0.15, -0.1) is 11.3 Å². The summed E-state index contributed by atoms with van der Waals surface area (Å²) in [4.78, 5) is 15.6. The molecule has 8 heteroatoms. The molecule has 0 atom stereocenters. The van der Waals surface area contributed by atoms with E-state index in [1.165, 1.54) is 42.5 Å². The second-order valence-electron chi connectivity index (χ2n) is 4.97. The van der Waals surface area contributed by atoms with Crippen molar-refractivity contribution in [2.75, 3.05) is 11.8 Å². The van der Waals surface area contributed by atoms with E-state index in [0.29, 0.717) is 17.0 Å². The fourth-order valence-corrected chi connectivity index (χ4v) is 3.73. The van der Waals surface area contributed by atoms with Crippen LogP contribution in [0.15, 0.2) is 52.9 Å². The smallest absolute Gasteiger partial charge is 0.248 e. The number of halogens is 1. The van der Waals surface area contributed by atoms with Crippen LogP contribution in [0.1, 0.15) is 10.4 Å². The first-order valence-corrected chi connectivity index (χ1v) is 8.82. The molecule has 128 valence electrons. The third-order valence-electron chi connectivity index (χ3n) is 3.32. The van der Waals surface area contributed by atoms with Crippen molar-refractivity contribution >= 4 is 34.9 Å². The Balaban J connectivity index is 1.72. The van der Waals surface area contributed by atoms with E-state index in [1.807, 2.05) is 0 Å². The number of carbonyl (C=O) groups excluding carboxylic acids is 1. The maximum atomic E-state index is 13.0. The molecule has 0 saturated carbocycles. The van der Waals surface area contributed by atoms with Gasteiger partial charge in [-0.1, -0.05) is 0 Å². The van der Waals surface area contributed by atoms with Gasteiger partial charge in [0.2, 0.25) is 5.91 Å². The molecule has 3 rings (SSSR count). The monoisotopic (exact) mass is 375 g/mol. The van der Waals surface area contributed by atoms with Gasteiger partial charge in [0, 0.05) is 11.1 Å². The molecular weight excluding hydrogens is 361 g/mol. The normalized spacial score (nSPS) is 10.5. The third kappa shape index (κ3) is 4.09. The number of hydrogen-bond acceptors (Lipinski definition) is 6. The van der Waals surface area contributed by atoms with E-state index in [9.17, 15) is 9.18 Å². The lowest BCUT2D eigenvalue weighted by Gasteiger charge is -2.10. The Labute approximate surface area is 152 Å². The lowest BCUT2D eigenvalue weighted by molar-refractivity contribution is 0.1000. The van der Waals surface area contributed by atoms with Gasteiger partial charge in [0.15, 0.2) is 0 Å². The summed E-state index contributed by atoms with van der Waals surface area (Å²) in [6.45, 7) is 0. The van der Waals surface area contributed by atoms with Crippen LogP contribution in [-0.4, -0.2) is 18.0 Å². The molecule has 0 saturated heterocycles. The fourth-order valence-electron chi connectivity index (χ4n) is 2.07. The van der Waals surface area contributed by atoms with Crippen molar-refractivity contribution < 1.29 is 13.9 Å². The molecule has 0 bridgehead atoms. The molecule has 0 radical (unpaired) electrons. The number of methoxy groups -OCH3 is 1. The Morgan fingerprint density at radius 1 is 1.28 bits per heavy atom. The SMILES string of the molecule is COc1cc(C(N)=O)ccc1NSc1cnc(-c2ccc(F)cc2)s1. The van der Waals surface area contributed by atoms with E-state index < -0.39 is 5.91 Å². The summed E-state index contributed by atoms with van der Waals surface area (Å²) in [7, 11) is 1.52. The molecule has 1 heterocycles. The molecule has 0 aliphatic rings. The summed E-state index contributed by atoms with van der Waals surface area (Å²) in [5.41, 5.74) is 7.23. The summed E-state index contributed by atoms with van der Waals surface area (Å²) < 4.78 is 22.4. The number of primary amides is 1. The highest BCUT2D eigenvalue weighted by Crippen LogP contribution is 2.34. The van der Waals surface area contributed by atoms with Gasteiger partial charge in [0.1, 0.15) is 20.8 Å². The minimum Gasteiger partial charge on any atom is -0.495 e. The van der Waals surface area contributed by atoms with Crippen LogP contribution >= 0.6 is 23.3 Å². The Kier molecular flexibility index (Phi) is 5.20. The molecule has 3 N–H and O–H groups in total. The Bertz CT molecular complexity index is 897. The van der Waals surface area contributed by atoms with Crippen molar-refractivity contribution in [1.82, 2.24) is 4.98 Å². The zero-order valence-corrected chi connectivity index (χ0v) is 14.8. The lowest BCUT2D eigenvalue weighted by atomic mass is 10.2. The first kappa shape index (κ1) is 17.2. The van der Waals surface area contributed by atoms with Gasteiger partial charge in [-0.05, 0) is 54.4 Å². The van der Waals surface area contributed by atoms with Crippen LogP contribution in [0.3, 0.4) is 0 Å². The second kappa shape index (κ2) is 7.54. The number of ether oxygens (including phenoxy) is 1. The molecule has 0 fully saturated rings. The predicted molar refractivity (Wildman–Crippen MR) is 98.5 cm³/mol. The molecule has 25 heavy (non-hydrogen) atoms. The molecule has 0 unspecified atom stereocenters. The average Bonchev–Trinajstić information content (AvgIpc) is 3.09. The Hall–Kier alpha value is -2.58. The maximum Gasteiger partial charge on any atom is 0.248 e. The van der Waals surface area contributed by atoms with E-state index in [1.54, 1.807) is 36.5 Å². The quantitative estimate of drug-likeness (QED) is 0.632. The zero-order chi connectivity index (χ0) is 17.8. The summed E-state index contributed by atoms with van der Waals surface area (Å²) in [5, 5.41) is 0.806. The van der Waals surface area contributed by atoms with Crippen LogP contribution in [0, 0.1) is 5.82 Å². The summed E-state index contributed by atoms with van der Waals surface area (Å²) in [6, 6.07) is 11.2. The van der Waals surface area contributed by atoms with Crippen molar-refractivity contribution in [2.45, 2.75) is 4.21 Å². The molecule has 5 nitrogen and oxygen atoms in total. The van der Waals surface area contributed by atoms with E-state index in [4.69, 9.17) is 10.5 Å². The number of rotatable bonds is 6. The van der Waals surface area contributed by atoms with Crippen LogP contribution in [0.5, 0.6) is 5.75 Å². The van der Waals surface area contributed by atoms with E-state index in [-0.39, 0.29) is 5.82 Å². The van der Waals surface area contributed by atoms with Crippen molar-refractivity contribution in [3.8, 4) is 16.3 Å². The second-order valence-corrected chi connectivity index (χ2v) is 7.11. The standard InChI is InChI=1S/C17H14FN3O2S2/c1-23-14-8-11(16(19)22)4-7-13(14)21-25-15-9-20-17(24-15)10-2-5-12(18)6-3-10/h2-9,21H,1H3,(H2,19,22). The first-order valence-electron chi connectivity index (χ1n) is 7.19. The van der Waals surface area contributed by atoms with Gasteiger partial charge in [0.05, 0.1) is 19.0 Å². The van der Waals surface area contributed by atoms with Crippen LogP contribution < -0.4 is 15.2 Å². The van der Waals surface area contributed by atoms with Gasteiger partial charge in [-0.3, -0.25) is 4.79 Å². The van der Waals surface area contributed by atoms with Crippen molar-refractivity contribution in [3.63, 3.8) is 0 Å². The molecule has 0 aliphatic heterocycles. The van der Waals surface area contributed by atoms with Crippen molar-refractivity contribution in [2.24, 2.45) is 5.73 Å². The third-order valence-corrected chi connectivity index (χ3v) is 5.29. The molecule has 1 amide bonds. The number of nitrogens with one attached hydrogen (secondary N) is 1. The van der Waals surface area contributed by atoms with E-state index >= 15 is 0 Å². The lowest BCUT2D eigenvalue weighted by Crippen LogP contribution is -2.11. The van der Waals surface area contributed by atoms with Gasteiger partial charge >= 0.3 is 0 Å². The van der Waals surface area contributed by atoms with Gasteiger partial charge < -0.3 is 15.2 Å². The predicted octanol–water partition coefficient (Wildman–Crippen LogP) is 4.18. The zero-order valence-electron chi connectivity index (χ0n) is 13.2. The van der Waals surface area contributed by atoms with Crippen LogP contribution in [0.2, 0.25) is 0 Å². The summed E-state index contributed by atoms with van der Waals surface area (Å²) in [5.74, 6) is -0.265. The number of benzene rings is 2. The largest absolute Gasteiger partial charge is 0.495 e. The molecular formula is C17H14FN3O2S2. The topological polar surface area (TPSA) is 77.2 Å². The number of hydrogen-bond donors (Lipinski definition) is 2. The number of aromatic nitrogens is 1. The Morgan fingerprint density at radius 2 is 2.04 bits per heavy atom. The van der Waals surface area contributed by atoms with Crippen LogP contribution in [-0.2, 0) is 0 Å². The van der Waals surface area contributed by atoms with Gasteiger partial charge in [0.25, 0.3) is 0 Å². The number of amides is 1. The maximum absolute atomic E-state index is 13.0. The molecule has 0 spiro atoms. The number of carbonyl (C=O) groups is 1. The minimum absolute atomic E-state index is 0.275. The van der Waals surface area contributed by atoms with E-state index in [2.05, 4.69) is 9.71 Å². The highest BCUT2D eigenvalue weighted by molar-refractivity contribution is 8.02. The summed E-state index contributed by atoms with van der Waals surface area (Å²) in [6.07, 6.45) is 1.74. The van der Waals surface area contributed by atoms with Gasteiger partial charge in [-0.2, -0.15) is 0 Å². The average molecular weight is 375 g/mol. The van der Waals surface area contributed by atoms with E-state index in [0.717, 1.165) is 14.8 Å². The highest BCUT2D eigenvalue weighted by Gasteiger charge is 2.10. The van der Waals surface area contributed by atoms with Crippen molar-refractivity contribution in [3.05, 3.63) is 60.0 Å². The number of nitrogens with two attached hydrogens (primary N) is 1. The minimum atomic E-state index is -0.510. The first-order chi connectivity index (χ1) is 12.1. The van der Waals surface area contributed by atoms with Crippen LogP contribution in [0.25, 0.3) is 10.6 Å². The fraction of sp³-hybridized carbons (Fsp3) is 0.0588.